The topological polar surface area (TPSA) is 71.3 Å². The summed E-state index contributed by atoms with van der Waals surface area (Å²) in [6.45, 7) is 4.81. The van der Waals surface area contributed by atoms with Crippen molar-refractivity contribution < 1.29 is 9.59 Å². The third-order valence-corrected chi connectivity index (χ3v) is 6.14. The lowest BCUT2D eigenvalue weighted by molar-refractivity contribution is -0.136. The van der Waals surface area contributed by atoms with E-state index in [1.807, 2.05) is 46.3 Å². The predicted octanol–water partition coefficient (Wildman–Crippen LogP) is 2.62. The second-order valence-electron chi connectivity index (χ2n) is 7.56. The molecule has 31 heavy (non-hydrogen) atoms. The Morgan fingerprint density at radius 1 is 1.10 bits per heavy atom. The average Bonchev–Trinajstić information content (AvgIpc) is 3.41. The third kappa shape index (κ3) is 5.67. The van der Waals surface area contributed by atoms with Gasteiger partial charge >= 0.3 is 0 Å². The van der Waals surface area contributed by atoms with Crippen LogP contribution < -0.4 is 0 Å². The first-order chi connectivity index (χ1) is 15.1. The standard InChI is InChI=1S/C23H25N5O2S/c1-18-17-31-21(25-18)13-23(30)27-11-9-26(10-12-27)22(29)8-7-20-14-24-28(16-20)15-19-5-3-2-4-6-19/h2-8,14,16-17H,9-13,15H2,1H3/b8-7+. The van der Waals surface area contributed by atoms with E-state index in [1.165, 1.54) is 16.9 Å². The number of hydrogen-bond donors (Lipinski definition) is 0. The van der Waals surface area contributed by atoms with Crippen molar-refractivity contribution in [3.8, 4) is 0 Å². The Hall–Kier alpha value is -3.26. The summed E-state index contributed by atoms with van der Waals surface area (Å²) >= 11 is 1.51. The van der Waals surface area contributed by atoms with Gasteiger partial charge < -0.3 is 9.80 Å². The number of rotatable bonds is 6. The summed E-state index contributed by atoms with van der Waals surface area (Å²) in [4.78, 5) is 33.0. The molecule has 0 radical (unpaired) electrons. The Labute approximate surface area is 185 Å². The van der Waals surface area contributed by atoms with Gasteiger partial charge in [-0.25, -0.2) is 4.98 Å². The van der Waals surface area contributed by atoms with Gasteiger partial charge in [-0.1, -0.05) is 30.3 Å². The minimum Gasteiger partial charge on any atom is -0.339 e. The van der Waals surface area contributed by atoms with Crippen LogP contribution in [-0.2, 0) is 22.6 Å². The zero-order valence-corrected chi connectivity index (χ0v) is 18.3. The second kappa shape index (κ2) is 9.70. The molecule has 8 heteroatoms. The molecule has 0 atom stereocenters. The van der Waals surface area contributed by atoms with E-state index < -0.39 is 0 Å². The number of nitrogens with zero attached hydrogens (tertiary/aromatic N) is 5. The maximum absolute atomic E-state index is 12.5. The summed E-state index contributed by atoms with van der Waals surface area (Å²) in [7, 11) is 0. The van der Waals surface area contributed by atoms with Crippen molar-refractivity contribution in [2.75, 3.05) is 26.2 Å². The molecule has 0 N–H and O–H groups in total. The van der Waals surface area contributed by atoms with Gasteiger partial charge in [0.05, 0.1) is 19.2 Å². The Morgan fingerprint density at radius 2 is 1.84 bits per heavy atom. The number of piperazine rings is 1. The molecule has 4 rings (SSSR count). The summed E-state index contributed by atoms with van der Waals surface area (Å²) in [5.41, 5.74) is 3.01. The van der Waals surface area contributed by atoms with Gasteiger partial charge in [-0.15, -0.1) is 11.3 Å². The lowest BCUT2D eigenvalue weighted by Gasteiger charge is -2.34. The van der Waals surface area contributed by atoms with Crippen molar-refractivity contribution in [2.24, 2.45) is 0 Å². The Morgan fingerprint density at radius 3 is 2.55 bits per heavy atom. The van der Waals surface area contributed by atoms with Gasteiger partial charge in [-0.3, -0.25) is 14.3 Å². The Bertz CT molecular complexity index is 1060. The van der Waals surface area contributed by atoms with E-state index in [4.69, 9.17) is 0 Å². The molecule has 1 saturated heterocycles. The average molecular weight is 436 g/mol. The number of amides is 2. The molecule has 0 spiro atoms. The Balaban J connectivity index is 1.25. The van der Waals surface area contributed by atoms with Crippen LogP contribution in [0.5, 0.6) is 0 Å². The van der Waals surface area contributed by atoms with Crippen molar-refractivity contribution in [3.05, 3.63) is 76.0 Å². The van der Waals surface area contributed by atoms with Gasteiger partial charge in [0.15, 0.2) is 0 Å². The van der Waals surface area contributed by atoms with Gasteiger partial charge in [0, 0.05) is 55.1 Å². The van der Waals surface area contributed by atoms with Crippen LogP contribution >= 0.6 is 11.3 Å². The highest BCUT2D eigenvalue weighted by Crippen LogP contribution is 2.12. The highest BCUT2D eigenvalue weighted by molar-refractivity contribution is 7.09. The lowest BCUT2D eigenvalue weighted by atomic mass is 10.2. The van der Waals surface area contributed by atoms with Gasteiger partial charge in [-0.2, -0.15) is 5.10 Å². The van der Waals surface area contributed by atoms with Crippen molar-refractivity contribution in [1.29, 1.82) is 0 Å². The minimum absolute atomic E-state index is 0.0431. The number of hydrogen-bond acceptors (Lipinski definition) is 5. The summed E-state index contributed by atoms with van der Waals surface area (Å²) in [6.07, 6.45) is 7.38. The molecule has 2 aromatic heterocycles. The summed E-state index contributed by atoms with van der Waals surface area (Å²) < 4.78 is 1.85. The molecular formula is C23H25N5O2S. The molecule has 160 valence electrons. The first-order valence-corrected chi connectivity index (χ1v) is 11.2. The fourth-order valence-corrected chi connectivity index (χ4v) is 4.26. The molecule has 1 aliphatic rings. The quantitative estimate of drug-likeness (QED) is 0.558. The van der Waals surface area contributed by atoms with E-state index in [0.29, 0.717) is 39.1 Å². The van der Waals surface area contributed by atoms with Crippen LogP contribution in [0.2, 0.25) is 0 Å². The summed E-state index contributed by atoms with van der Waals surface area (Å²) in [5, 5.41) is 7.16. The van der Waals surface area contributed by atoms with Crippen LogP contribution in [0, 0.1) is 6.92 Å². The number of thiazole rings is 1. The van der Waals surface area contributed by atoms with E-state index in [-0.39, 0.29) is 11.8 Å². The summed E-state index contributed by atoms with van der Waals surface area (Å²) in [6, 6.07) is 10.1. The first kappa shape index (κ1) is 21.0. The highest BCUT2D eigenvalue weighted by Gasteiger charge is 2.23. The maximum atomic E-state index is 12.5. The van der Waals surface area contributed by atoms with E-state index in [2.05, 4.69) is 22.2 Å². The minimum atomic E-state index is -0.0431. The van der Waals surface area contributed by atoms with E-state index in [9.17, 15) is 9.59 Å². The zero-order chi connectivity index (χ0) is 21.6. The molecule has 1 fully saturated rings. The molecule has 1 aliphatic heterocycles. The molecule has 3 heterocycles. The normalized spacial score (nSPS) is 14.4. The molecule has 0 unspecified atom stereocenters. The number of carbonyl (C=O) groups excluding carboxylic acids is 2. The predicted molar refractivity (Wildman–Crippen MR) is 121 cm³/mol. The third-order valence-electron chi connectivity index (χ3n) is 5.17. The number of aryl methyl sites for hydroxylation is 1. The fourth-order valence-electron chi connectivity index (χ4n) is 3.50. The van der Waals surface area contributed by atoms with Crippen molar-refractivity contribution in [1.82, 2.24) is 24.6 Å². The zero-order valence-electron chi connectivity index (χ0n) is 17.5. The molecule has 0 saturated carbocycles. The molecule has 0 bridgehead atoms. The van der Waals surface area contributed by atoms with Gasteiger partial charge in [-0.05, 0) is 18.6 Å². The largest absolute Gasteiger partial charge is 0.339 e. The monoisotopic (exact) mass is 435 g/mol. The number of aromatic nitrogens is 3. The van der Waals surface area contributed by atoms with Crippen LogP contribution in [0.1, 0.15) is 21.8 Å². The maximum Gasteiger partial charge on any atom is 0.246 e. The van der Waals surface area contributed by atoms with Crippen LogP contribution in [0.4, 0.5) is 0 Å². The van der Waals surface area contributed by atoms with E-state index >= 15 is 0 Å². The SMILES string of the molecule is Cc1csc(CC(=O)N2CCN(C(=O)/C=C/c3cnn(Cc4ccccc4)c3)CC2)n1. The Kier molecular flexibility index (Phi) is 6.57. The van der Waals surface area contributed by atoms with E-state index in [1.54, 1.807) is 23.2 Å². The van der Waals surface area contributed by atoms with Gasteiger partial charge in [0.1, 0.15) is 5.01 Å². The van der Waals surface area contributed by atoms with Crippen LogP contribution in [0.3, 0.4) is 0 Å². The van der Waals surface area contributed by atoms with Gasteiger partial charge in [0.2, 0.25) is 11.8 Å². The lowest BCUT2D eigenvalue weighted by Crippen LogP contribution is -2.50. The van der Waals surface area contributed by atoms with Crippen LogP contribution in [0.15, 0.2) is 54.2 Å². The highest BCUT2D eigenvalue weighted by atomic mass is 32.1. The first-order valence-electron chi connectivity index (χ1n) is 10.3. The molecular weight excluding hydrogens is 410 g/mol. The van der Waals surface area contributed by atoms with Crippen LogP contribution in [-0.4, -0.2) is 62.6 Å². The molecule has 7 nitrogen and oxygen atoms in total. The van der Waals surface area contributed by atoms with Crippen LogP contribution in [0.25, 0.3) is 6.08 Å². The van der Waals surface area contributed by atoms with E-state index in [0.717, 1.165) is 16.3 Å². The second-order valence-corrected chi connectivity index (χ2v) is 8.50. The fraction of sp³-hybridized carbons (Fsp3) is 0.304. The number of benzene rings is 1. The smallest absolute Gasteiger partial charge is 0.246 e. The van der Waals surface area contributed by atoms with Crippen molar-refractivity contribution in [2.45, 2.75) is 19.9 Å². The number of carbonyl (C=O) groups is 2. The molecule has 3 aromatic rings. The summed E-state index contributed by atoms with van der Waals surface area (Å²) in [5.74, 6) is 0.0290. The van der Waals surface area contributed by atoms with Crippen molar-refractivity contribution >= 4 is 29.2 Å². The van der Waals surface area contributed by atoms with Crippen molar-refractivity contribution in [3.63, 3.8) is 0 Å². The molecule has 1 aromatic carbocycles. The molecule has 0 aliphatic carbocycles. The van der Waals surface area contributed by atoms with Gasteiger partial charge in [0.25, 0.3) is 0 Å². The molecule has 2 amide bonds.